The number of rotatable bonds is 2. The van der Waals surface area contributed by atoms with Crippen molar-refractivity contribution in [1.82, 2.24) is 19.9 Å². The number of hydrogen-bond acceptors (Lipinski definition) is 5. The summed E-state index contributed by atoms with van der Waals surface area (Å²) >= 11 is 0. The third kappa shape index (κ3) is 1.21. The van der Waals surface area contributed by atoms with Crippen LogP contribution in [0.2, 0.25) is 0 Å². The standard InChI is InChI=1S/C9H9N5O2/c15-9(16)5-1-14(2-5)8-6-7(11-3-10-6)12-4-13-8/h3-5H,1-2H2,(H,15,16)(H,10,11,12,13). The highest BCUT2D eigenvalue weighted by Gasteiger charge is 2.34. The zero-order valence-electron chi connectivity index (χ0n) is 8.29. The second-order valence-corrected chi connectivity index (χ2v) is 3.74. The maximum Gasteiger partial charge on any atom is 0.310 e. The summed E-state index contributed by atoms with van der Waals surface area (Å²) in [6.07, 6.45) is 2.99. The number of carbonyl (C=O) groups is 1. The number of carboxylic acids is 1. The van der Waals surface area contributed by atoms with Crippen LogP contribution in [0.4, 0.5) is 5.82 Å². The normalized spacial score (nSPS) is 16.4. The molecule has 3 heterocycles. The van der Waals surface area contributed by atoms with Gasteiger partial charge in [0.15, 0.2) is 11.5 Å². The van der Waals surface area contributed by atoms with E-state index < -0.39 is 5.97 Å². The molecule has 7 nitrogen and oxygen atoms in total. The fraction of sp³-hybridized carbons (Fsp3) is 0.333. The molecular formula is C9H9N5O2. The van der Waals surface area contributed by atoms with E-state index in [9.17, 15) is 4.79 Å². The van der Waals surface area contributed by atoms with Crippen LogP contribution in [0.5, 0.6) is 0 Å². The predicted molar refractivity (Wildman–Crippen MR) is 55.0 cm³/mol. The van der Waals surface area contributed by atoms with Gasteiger partial charge in [-0.15, -0.1) is 0 Å². The number of aromatic amines is 1. The highest BCUT2D eigenvalue weighted by molar-refractivity contribution is 5.84. The lowest BCUT2D eigenvalue weighted by atomic mass is 10.0. The highest BCUT2D eigenvalue weighted by Crippen LogP contribution is 2.26. The predicted octanol–water partition coefficient (Wildman–Crippen LogP) is -0.126. The van der Waals surface area contributed by atoms with Gasteiger partial charge in [0.05, 0.1) is 12.2 Å². The van der Waals surface area contributed by atoms with Crippen LogP contribution in [-0.4, -0.2) is 44.1 Å². The molecule has 0 bridgehead atoms. The van der Waals surface area contributed by atoms with E-state index in [0.717, 1.165) is 11.3 Å². The summed E-state index contributed by atoms with van der Waals surface area (Å²) in [6, 6.07) is 0. The molecular weight excluding hydrogens is 210 g/mol. The molecule has 7 heteroatoms. The number of hydrogen-bond donors (Lipinski definition) is 2. The van der Waals surface area contributed by atoms with Crippen LogP contribution in [0.1, 0.15) is 0 Å². The van der Waals surface area contributed by atoms with Crippen molar-refractivity contribution in [3.05, 3.63) is 12.7 Å². The summed E-state index contributed by atoms with van der Waals surface area (Å²) in [7, 11) is 0. The van der Waals surface area contributed by atoms with Crippen molar-refractivity contribution in [1.29, 1.82) is 0 Å². The van der Waals surface area contributed by atoms with Gasteiger partial charge in [0.2, 0.25) is 0 Å². The Balaban J connectivity index is 1.91. The number of nitrogens with one attached hydrogen (secondary N) is 1. The molecule has 82 valence electrons. The first-order valence-corrected chi connectivity index (χ1v) is 4.87. The van der Waals surface area contributed by atoms with E-state index in [0.29, 0.717) is 18.7 Å². The second-order valence-electron chi connectivity index (χ2n) is 3.74. The molecule has 3 rings (SSSR count). The van der Waals surface area contributed by atoms with Gasteiger partial charge in [-0.1, -0.05) is 0 Å². The molecule has 0 aliphatic carbocycles. The van der Waals surface area contributed by atoms with Crippen molar-refractivity contribution in [2.24, 2.45) is 5.92 Å². The summed E-state index contributed by atoms with van der Waals surface area (Å²) < 4.78 is 0. The largest absolute Gasteiger partial charge is 0.481 e. The van der Waals surface area contributed by atoms with Gasteiger partial charge in [-0.2, -0.15) is 0 Å². The van der Waals surface area contributed by atoms with Gasteiger partial charge in [0.1, 0.15) is 11.8 Å². The molecule has 1 aliphatic rings. The molecule has 0 unspecified atom stereocenters. The number of carboxylic acid groups (broad SMARTS) is 1. The molecule has 2 aromatic heterocycles. The third-order valence-corrected chi connectivity index (χ3v) is 2.73. The van der Waals surface area contributed by atoms with Crippen molar-refractivity contribution in [3.8, 4) is 0 Å². The summed E-state index contributed by atoms with van der Waals surface area (Å²) in [6.45, 7) is 0.973. The van der Waals surface area contributed by atoms with E-state index in [1.807, 2.05) is 4.90 Å². The van der Waals surface area contributed by atoms with Crippen LogP contribution < -0.4 is 4.90 Å². The Kier molecular flexibility index (Phi) is 1.79. The second kappa shape index (κ2) is 3.16. The molecule has 0 spiro atoms. The minimum Gasteiger partial charge on any atom is -0.481 e. The minimum absolute atomic E-state index is 0.298. The lowest BCUT2D eigenvalue weighted by Gasteiger charge is -2.37. The number of anilines is 1. The molecule has 0 aromatic carbocycles. The van der Waals surface area contributed by atoms with E-state index in [1.165, 1.54) is 6.33 Å². The van der Waals surface area contributed by atoms with Crippen LogP contribution in [0, 0.1) is 5.92 Å². The lowest BCUT2D eigenvalue weighted by Crippen LogP contribution is -2.50. The Morgan fingerprint density at radius 2 is 2.25 bits per heavy atom. The van der Waals surface area contributed by atoms with Crippen molar-refractivity contribution >= 4 is 23.0 Å². The molecule has 0 amide bonds. The SMILES string of the molecule is O=C(O)C1CN(c2ncnc3nc[nH]c23)C1. The fourth-order valence-electron chi connectivity index (χ4n) is 1.80. The van der Waals surface area contributed by atoms with Gasteiger partial charge in [-0.3, -0.25) is 4.79 Å². The Hall–Kier alpha value is -2.18. The lowest BCUT2D eigenvalue weighted by molar-refractivity contribution is -0.142. The Bertz CT molecular complexity index is 546. The summed E-state index contributed by atoms with van der Waals surface area (Å²) in [5.41, 5.74) is 1.36. The smallest absolute Gasteiger partial charge is 0.310 e. The van der Waals surface area contributed by atoms with Crippen LogP contribution in [0.15, 0.2) is 12.7 Å². The maximum absolute atomic E-state index is 10.7. The average Bonchev–Trinajstić information content (AvgIpc) is 2.63. The van der Waals surface area contributed by atoms with Crippen LogP contribution in [0.3, 0.4) is 0 Å². The first kappa shape index (κ1) is 9.08. The number of imidazole rings is 1. The van der Waals surface area contributed by atoms with Gasteiger partial charge in [0, 0.05) is 13.1 Å². The van der Waals surface area contributed by atoms with Crippen LogP contribution in [-0.2, 0) is 4.79 Å². The minimum atomic E-state index is -0.758. The topological polar surface area (TPSA) is 95.0 Å². The summed E-state index contributed by atoms with van der Waals surface area (Å²) in [5, 5.41) is 8.79. The van der Waals surface area contributed by atoms with Gasteiger partial charge < -0.3 is 15.0 Å². The molecule has 1 fully saturated rings. The first-order chi connectivity index (χ1) is 7.75. The molecule has 2 N–H and O–H groups in total. The maximum atomic E-state index is 10.7. The molecule has 0 saturated carbocycles. The highest BCUT2D eigenvalue weighted by atomic mass is 16.4. The first-order valence-electron chi connectivity index (χ1n) is 4.87. The van der Waals surface area contributed by atoms with Crippen molar-refractivity contribution < 1.29 is 9.90 Å². The van der Waals surface area contributed by atoms with Crippen molar-refractivity contribution in [2.45, 2.75) is 0 Å². The van der Waals surface area contributed by atoms with E-state index >= 15 is 0 Å². The van der Waals surface area contributed by atoms with Gasteiger partial charge >= 0.3 is 5.97 Å². The van der Waals surface area contributed by atoms with Gasteiger partial charge in [0.25, 0.3) is 0 Å². The van der Waals surface area contributed by atoms with Crippen LogP contribution in [0.25, 0.3) is 11.2 Å². The third-order valence-electron chi connectivity index (χ3n) is 2.73. The Labute approximate surface area is 90.2 Å². The number of H-pyrrole nitrogens is 1. The molecule has 1 saturated heterocycles. The van der Waals surface area contributed by atoms with Gasteiger partial charge in [-0.05, 0) is 0 Å². The summed E-state index contributed by atoms with van der Waals surface area (Å²) in [5.74, 6) is -0.334. The molecule has 1 aliphatic heterocycles. The Morgan fingerprint density at radius 1 is 1.44 bits per heavy atom. The monoisotopic (exact) mass is 219 g/mol. The molecule has 0 radical (unpaired) electrons. The Morgan fingerprint density at radius 3 is 3.00 bits per heavy atom. The number of aliphatic carboxylic acids is 1. The molecule has 0 atom stereocenters. The fourth-order valence-corrected chi connectivity index (χ4v) is 1.80. The van der Waals surface area contributed by atoms with Crippen molar-refractivity contribution in [3.63, 3.8) is 0 Å². The van der Waals surface area contributed by atoms with Crippen LogP contribution >= 0.6 is 0 Å². The average molecular weight is 219 g/mol. The number of fused-ring (bicyclic) bond motifs is 1. The van der Waals surface area contributed by atoms with Crippen molar-refractivity contribution in [2.75, 3.05) is 18.0 Å². The van der Waals surface area contributed by atoms with E-state index in [4.69, 9.17) is 5.11 Å². The van der Waals surface area contributed by atoms with Gasteiger partial charge in [-0.25, -0.2) is 15.0 Å². The van der Waals surface area contributed by atoms with E-state index in [-0.39, 0.29) is 5.92 Å². The summed E-state index contributed by atoms with van der Waals surface area (Å²) in [4.78, 5) is 27.7. The zero-order chi connectivity index (χ0) is 11.1. The quantitative estimate of drug-likeness (QED) is 0.730. The van der Waals surface area contributed by atoms with E-state index in [1.54, 1.807) is 6.33 Å². The zero-order valence-corrected chi connectivity index (χ0v) is 8.29. The molecule has 16 heavy (non-hydrogen) atoms. The van der Waals surface area contributed by atoms with E-state index in [2.05, 4.69) is 19.9 Å². The molecule has 2 aromatic rings. The number of nitrogens with zero attached hydrogens (tertiary/aromatic N) is 4. The number of aromatic nitrogens is 4.